The smallest absolute Gasteiger partial charge is 0.254 e. The van der Waals surface area contributed by atoms with Crippen LogP contribution in [0.2, 0.25) is 0 Å². The van der Waals surface area contributed by atoms with Gasteiger partial charge in [0, 0.05) is 17.7 Å². The minimum Gasteiger partial charge on any atom is -0.619 e. The number of ether oxygens (including phenoxy) is 1. The van der Waals surface area contributed by atoms with Gasteiger partial charge in [-0.3, -0.25) is 4.57 Å². The Morgan fingerprint density at radius 2 is 1.80 bits per heavy atom. The van der Waals surface area contributed by atoms with E-state index in [2.05, 4.69) is 10.2 Å². The van der Waals surface area contributed by atoms with Crippen molar-refractivity contribution in [1.29, 1.82) is 0 Å². The lowest BCUT2D eigenvalue weighted by Crippen LogP contribution is -2.25. The SMILES string of the molecule is COc1ccc(-n2c(-c3cc(C(C)C)c(O)cc3O)nnc2S(=O)(=O)Cc2ccc[n+]([O-])c2)cc1. The van der Waals surface area contributed by atoms with Gasteiger partial charge in [0.05, 0.1) is 24.1 Å². The zero-order valence-corrected chi connectivity index (χ0v) is 20.1. The first-order valence-corrected chi connectivity index (χ1v) is 12.3. The number of hydrogen-bond donors (Lipinski definition) is 2. The van der Waals surface area contributed by atoms with Crippen LogP contribution in [0.1, 0.15) is 30.9 Å². The Kier molecular flexibility index (Phi) is 6.35. The van der Waals surface area contributed by atoms with Gasteiger partial charge in [-0.05, 0) is 47.9 Å². The molecule has 0 unspecified atom stereocenters. The standard InChI is InChI=1S/C24H24N4O6S/c1-15(2)19-11-20(22(30)12-21(19)29)23-25-26-24(28(23)17-6-8-18(34-3)9-7-17)35(32,33)14-16-5-4-10-27(31)13-16/h4-13,15,29-30H,14H2,1-3H3. The molecule has 11 heteroatoms. The summed E-state index contributed by atoms with van der Waals surface area (Å²) in [6.45, 7) is 3.75. The van der Waals surface area contributed by atoms with Gasteiger partial charge in [-0.25, -0.2) is 8.42 Å². The Morgan fingerprint density at radius 3 is 2.43 bits per heavy atom. The first-order chi connectivity index (χ1) is 16.6. The number of aromatic nitrogens is 4. The number of pyridine rings is 1. The molecule has 2 aromatic carbocycles. The molecule has 0 aliphatic heterocycles. The molecule has 2 aromatic heterocycles. The summed E-state index contributed by atoms with van der Waals surface area (Å²) in [7, 11) is -2.57. The molecule has 0 saturated heterocycles. The second kappa shape index (κ2) is 9.26. The summed E-state index contributed by atoms with van der Waals surface area (Å²) in [5.41, 5.74) is 1.45. The monoisotopic (exact) mass is 496 g/mol. The third kappa shape index (κ3) is 4.76. The number of phenols is 2. The number of nitrogens with zero attached hydrogens (tertiary/aromatic N) is 4. The Labute approximate surface area is 202 Å². The van der Waals surface area contributed by atoms with Gasteiger partial charge in [0.25, 0.3) is 5.16 Å². The molecular formula is C24H24N4O6S. The Balaban J connectivity index is 1.93. The van der Waals surface area contributed by atoms with Crippen LogP contribution < -0.4 is 9.47 Å². The van der Waals surface area contributed by atoms with E-state index < -0.39 is 15.6 Å². The molecule has 0 aliphatic carbocycles. The lowest BCUT2D eigenvalue weighted by molar-refractivity contribution is -0.605. The van der Waals surface area contributed by atoms with Gasteiger partial charge >= 0.3 is 0 Å². The van der Waals surface area contributed by atoms with E-state index in [1.807, 2.05) is 13.8 Å². The summed E-state index contributed by atoms with van der Waals surface area (Å²) in [4.78, 5) is 0. The van der Waals surface area contributed by atoms with Gasteiger partial charge < -0.3 is 20.2 Å². The van der Waals surface area contributed by atoms with Gasteiger partial charge in [0.1, 0.15) is 17.2 Å². The third-order valence-electron chi connectivity index (χ3n) is 5.44. The van der Waals surface area contributed by atoms with Crippen molar-refractivity contribution in [3.63, 3.8) is 0 Å². The highest BCUT2D eigenvalue weighted by atomic mass is 32.2. The average molecular weight is 497 g/mol. The topological polar surface area (TPSA) is 141 Å². The maximum Gasteiger partial charge on any atom is 0.254 e. The van der Waals surface area contributed by atoms with Gasteiger partial charge in [-0.2, -0.15) is 4.73 Å². The van der Waals surface area contributed by atoms with Crippen molar-refractivity contribution in [3.05, 3.63) is 77.3 Å². The molecule has 0 saturated carbocycles. The zero-order valence-electron chi connectivity index (χ0n) is 19.3. The van der Waals surface area contributed by atoms with E-state index in [4.69, 9.17) is 4.74 Å². The van der Waals surface area contributed by atoms with Crippen LogP contribution >= 0.6 is 0 Å². The minimum absolute atomic E-state index is 0.0695. The van der Waals surface area contributed by atoms with Crippen molar-refractivity contribution in [3.8, 4) is 34.3 Å². The lowest BCUT2D eigenvalue weighted by Gasteiger charge is -2.15. The van der Waals surface area contributed by atoms with Crippen LogP contribution in [-0.2, 0) is 15.6 Å². The highest BCUT2D eigenvalue weighted by Gasteiger charge is 2.29. The summed E-state index contributed by atoms with van der Waals surface area (Å²) >= 11 is 0. The summed E-state index contributed by atoms with van der Waals surface area (Å²) in [6.07, 6.45) is 2.43. The first-order valence-electron chi connectivity index (χ1n) is 10.7. The predicted molar refractivity (Wildman–Crippen MR) is 127 cm³/mol. The highest BCUT2D eigenvalue weighted by molar-refractivity contribution is 7.90. The molecule has 0 bridgehead atoms. The second-order valence-electron chi connectivity index (χ2n) is 8.25. The van der Waals surface area contributed by atoms with Crippen LogP contribution in [0.3, 0.4) is 0 Å². The third-order valence-corrected chi connectivity index (χ3v) is 6.98. The van der Waals surface area contributed by atoms with Crippen LogP contribution in [0.4, 0.5) is 0 Å². The van der Waals surface area contributed by atoms with Gasteiger partial charge in [-0.1, -0.05) is 13.8 Å². The molecule has 0 amide bonds. The fourth-order valence-corrected chi connectivity index (χ4v) is 5.09. The van der Waals surface area contributed by atoms with E-state index in [0.29, 0.717) is 21.7 Å². The minimum atomic E-state index is -4.08. The fourth-order valence-electron chi connectivity index (χ4n) is 3.72. The lowest BCUT2D eigenvalue weighted by atomic mass is 9.98. The first kappa shape index (κ1) is 24.0. The average Bonchev–Trinajstić information content (AvgIpc) is 3.24. The van der Waals surface area contributed by atoms with Gasteiger partial charge in [-0.15, -0.1) is 10.2 Å². The Hall–Kier alpha value is -4.12. The maximum absolute atomic E-state index is 13.4. The van der Waals surface area contributed by atoms with Crippen molar-refractivity contribution < 1.29 is 28.1 Å². The molecule has 0 spiro atoms. The molecule has 2 N–H and O–H groups in total. The van der Waals surface area contributed by atoms with Crippen LogP contribution in [0, 0.1) is 5.21 Å². The normalized spacial score (nSPS) is 11.7. The van der Waals surface area contributed by atoms with Crippen molar-refractivity contribution >= 4 is 9.84 Å². The van der Waals surface area contributed by atoms with E-state index >= 15 is 0 Å². The van der Waals surface area contributed by atoms with Crippen LogP contribution in [0.5, 0.6) is 17.2 Å². The van der Waals surface area contributed by atoms with Gasteiger partial charge in [0.15, 0.2) is 18.2 Å². The molecular weight excluding hydrogens is 472 g/mol. The van der Waals surface area contributed by atoms with Crippen molar-refractivity contribution in [2.45, 2.75) is 30.7 Å². The van der Waals surface area contributed by atoms with E-state index in [1.54, 1.807) is 30.3 Å². The van der Waals surface area contributed by atoms with Gasteiger partial charge in [0.2, 0.25) is 9.84 Å². The number of rotatable bonds is 7. The number of sulfone groups is 1. The summed E-state index contributed by atoms with van der Waals surface area (Å²) < 4.78 is 33.9. The molecule has 4 rings (SSSR count). The number of benzene rings is 2. The molecule has 0 radical (unpaired) electrons. The molecule has 0 fully saturated rings. The predicted octanol–water partition coefficient (Wildman–Crippen LogP) is 3.08. The molecule has 0 atom stereocenters. The van der Waals surface area contributed by atoms with Crippen LogP contribution in [-0.4, -0.2) is 40.5 Å². The van der Waals surface area contributed by atoms with Crippen molar-refractivity contribution in [1.82, 2.24) is 14.8 Å². The zero-order chi connectivity index (χ0) is 25.3. The van der Waals surface area contributed by atoms with Crippen molar-refractivity contribution in [2.24, 2.45) is 0 Å². The van der Waals surface area contributed by atoms with Crippen LogP contribution in [0.25, 0.3) is 17.1 Å². The molecule has 4 aromatic rings. The molecule has 10 nitrogen and oxygen atoms in total. The second-order valence-corrected chi connectivity index (χ2v) is 10.1. The molecule has 35 heavy (non-hydrogen) atoms. The quantitative estimate of drug-likeness (QED) is 0.294. The van der Waals surface area contributed by atoms with E-state index in [-0.39, 0.29) is 39.5 Å². The fraction of sp³-hybridized carbons (Fsp3) is 0.208. The molecule has 0 aliphatic rings. The molecule has 182 valence electrons. The Bertz CT molecular complexity index is 1480. The van der Waals surface area contributed by atoms with Crippen LogP contribution in [0.15, 0.2) is 66.1 Å². The number of aromatic hydroxyl groups is 2. The number of hydrogen-bond acceptors (Lipinski definition) is 8. The Morgan fingerprint density at radius 1 is 1.09 bits per heavy atom. The maximum atomic E-state index is 13.4. The van der Waals surface area contributed by atoms with Crippen molar-refractivity contribution in [2.75, 3.05) is 7.11 Å². The summed E-state index contributed by atoms with van der Waals surface area (Å²) in [5, 5.41) is 40.3. The van der Waals surface area contributed by atoms with E-state index in [1.165, 1.54) is 42.3 Å². The summed E-state index contributed by atoms with van der Waals surface area (Å²) in [5.74, 6) is -0.296. The van der Waals surface area contributed by atoms with E-state index in [0.717, 1.165) is 0 Å². The molecule has 2 heterocycles. The highest BCUT2D eigenvalue weighted by Crippen LogP contribution is 2.39. The number of methoxy groups -OCH3 is 1. The summed E-state index contributed by atoms with van der Waals surface area (Å²) in [6, 6.07) is 12.3. The number of phenolic OH excluding ortho intramolecular Hbond substituents is 2. The largest absolute Gasteiger partial charge is 0.619 e. The van der Waals surface area contributed by atoms with E-state index in [9.17, 15) is 23.8 Å².